The topological polar surface area (TPSA) is 58.6 Å². The lowest BCUT2D eigenvalue weighted by Gasteiger charge is -2.35. The van der Waals surface area contributed by atoms with Gasteiger partial charge in [-0.05, 0) is 49.1 Å². The number of rotatable bonds is 4. The van der Waals surface area contributed by atoms with Crippen LogP contribution >= 0.6 is 0 Å². The molecule has 4 rings (SSSR count). The van der Waals surface area contributed by atoms with Crippen LogP contribution in [0.3, 0.4) is 0 Å². The van der Waals surface area contributed by atoms with Gasteiger partial charge in [-0.1, -0.05) is 36.4 Å². The third-order valence-electron chi connectivity index (χ3n) is 5.04. The van der Waals surface area contributed by atoms with Gasteiger partial charge in [0.25, 0.3) is 0 Å². The van der Waals surface area contributed by atoms with Gasteiger partial charge in [-0.15, -0.1) is 0 Å². The molecule has 1 aliphatic carbocycles. The van der Waals surface area contributed by atoms with Crippen molar-refractivity contribution in [1.29, 1.82) is 0 Å². The van der Waals surface area contributed by atoms with Crippen LogP contribution in [0.4, 0.5) is 4.79 Å². The Hall–Kier alpha value is -2.82. The average molecular weight is 350 g/mol. The molecule has 1 heterocycles. The zero-order valence-electron chi connectivity index (χ0n) is 15.0. The predicted octanol–water partition coefficient (Wildman–Crippen LogP) is 3.91. The minimum Gasteiger partial charge on any atom is -0.463 e. The molecule has 2 aliphatic rings. The summed E-state index contributed by atoms with van der Waals surface area (Å²) < 4.78 is 5.30. The quantitative estimate of drug-likeness (QED) is 0.851. The number of esters is 1. The van der Waals surface area contributed by atoms with Gasteiger partial charge in [-0.2, -0.15) is 0 Å². The summed E-state index contributed by atoms with van der Waals surface area (Å²) in [7, 11) is 0. The van der Waals surface area contributed by atoms with E-state index in [4.69, 9.17) is 4.74 Å². The number of hydrogen-bond acceptors (Lipinski definition) is 3. The SMILES string of the molecule is CCOC(=O)C1=C(C)N(C2CC2)C(=O)N[C@@H]1c1ccc2ccccc2c1. The van der Waals surface area contributed by atoms with Crippen molar-refractivity contribution in [3.8, 4) is 0 Å². The summed E-state index contributed by atoms with van der Waals surface area (Å²) in [6.45, 7) is 3.94. The van der Waals surface area contributed by atoms with E-state index in [0.717, 1.165) is 29.2 Å². The number of fused-ring (bicyclic) bond motifs is 1. The molecule has 0 spiro atoms. The third kappa shape index (κ3) is 2.83. The summed E-state index contributed by atoms with van der Waals surface area (Å²) in [5.41, 5.74) is 2.11. The normalized spacial score (nSPS) is 20.3. The van der Waals surface area contributed by atoms with Crippen LogP contribution in [0.2, 0.25) is 0 Å². The van der Waals surface area contributed by atoms with Crippen LogP contribution in [0.5, 0.6) is 0 Å². The van der Waals surface area contributed by atoms with Gasteiger partial charge in [0.1, 0.15) is 0 Å². The zero-order valence-corrected chi connectivity index (χ0v) is 15.0. The summed E-state index contributed by atoms with van der Waals surface area (Å²) in [5.74, 6) is -0.367. The smallest absolute Gasteiger partial charge is 0.338 e. The highest BCUT2D eigenvalue weighted by Crippen LogP contribution is 2.38. The van der Waals surface area contributed by atoms with Crippen molar-refractivity contribution in [3.63, 3.8) is 0 Å². The fraction of sp³-hybridized carbons (Fsp3) is 0.333. The Labute approximate surface area is 152 Å². The molecule has 1 N–H and O–H groups in total. The van der Waals surface area contributed by atoms with Gasteiger partial charge in [0.15, 0.2) is 0 Å². The van der Waals surface area contributed by atoms with E-state index < -0.39 is 6.04 Å². The molecule has 5 nitrogen and oxygen atoms in total. The minimum absolute atomic E-state index is 0.142. The summed E-state index contributed by atoms with van der Waals surface area (Å²) in [5, 5.41) is 5.21. The van der Waals surface area contributed by atoms with E-state index in [2.05, 4.69) is 5.32 Å². The summed E-state index contributed by atoms with van der Waals surface area (Å²) in [6, 6.07) is 13.6. The fourth-order valence-electron chi connectivity index (χ4n) is 3.64. The molecule has 2 aromatic rings. The van der Waals surface area contributed by atoms with Gasteiger partial charge in [0.2, 0.25) is 0 Å². The number of nitrogens with one attached hydrogen (secondary N) is 1. The van der Waals surface area contributed by atoms with E-state index in [0.29, 0.717) is 17.9 Å². The maximum atomic E-state index is 12.7. The number of hydrogen-bond donors (Lipinski definition) is 1. The lowest BCUT2D eigenvalue weighted by atomic mass is 9.93. The first-order valence-electron chi connectivity index (χ1n) is 9.06. The zero-order chi connectivity index (χ0) is 18.3. The molecule has 2 amide bonds. The number of carbonyl (C=O) groups excluding carboxylic acids is 2. The molecule has 1 atom stereocenters. The summed E-state index contributed by atoms with van der Waals surface area (Å²) >= 11 is 0. The second-order valence-electron chi connectivity index (χ2n) is 6.81. The molecule has 1 fully saturated rings. The van der Waals surface area contributed by atoms with Crippen LogP contribution in [-0.4, -0.2) is 29.5 Å². The Bertz CT molecular complexity index is 914. The first-order chi connectivity index (χ1) is 12.6. The number of ether oxygens (including phenoxy) is 1. The van der Waals surface area contributed by atoms with Crippen LogP contribution in [0.15, 0.2) is 53.7 Å². The number of carbonyl (C=O) groups is 2. The van der Waals surface area contributed by atoms with Gasteiger partial charge in [-0.3, -0.25) is 4.90 Å². The van der Waals surface area contributed by atoms with E-state index in [-0.39, 0.29) is 18.0 Å². The highest BCUT2D eigenvalue weighted by molar-refractivity contribution is 5.95. The van der Waals surface area contributed by atoms with Crippen LogP contribution in [0, 0.1) is 0 Å². The first-order valence-corrected chi connectivity index (χ1v) is 9.06. The molecule has 0 unspecified atom stereocenters. The highest BCUT2D eigenvalue weighted by atomic mass is 16.5. The first kappa shape index (κ1) is 16.6. The number of benzene rings is 2. The Morgan fingerprint density at radius 1 is 1.19 bits per heavy atom. The van der Waals surface area contributed by atoms with Crippen LogP contribution in [0.25, 0.3) is 10.8 Å². The number of urea groups is 1. The minimum atomic E-state index is -0.499. The van der Waals surface area contributed by atoms with E-state index in [9.17, 15) is 9.59 Å². The van der Waals surface area contributed by atoms with Gasteiger partial charge < -0.3 is 10.1 Å². The molecule has 1 aliphatic heterocycles. The van der Waals surface area contributed by atoms with E-state index in [1.807, 2.05) is 49.4 Å². The van der Waals surface area contributed by atoms with Crippen LogP contribution in [-0.2, 0) is 9.53 Å². The second kappa shape index (κ2) is 6.48. The largest absolute Gasteiger partial charge is 0.463 e. The molecule has 26 heavy (non-hydrogen) atoms. The highest BCUT2D eigenvalue weighted by Gasteiger charge is 2.42. The Kier molecular flexibility index (Phi) is 4.15. The van der Waals surface area contributed by atoms with Crippen molar-refractivity contribution in [3.05, 3.63) is 59.3 Å². The summed E-state index contributed by atoms with van der Waals surface area (Å²) in [6.07, 6.45) is 1.95. The van der Waals surface area contributed by atoms with E-state index >= 15 is 0 Å². The van der Waals surface area contributed by atoms with Crippen molar-refractivity contribution in [2.24, 2.45) is 0 Å². The average Bonchev–Trinajstić information content (AvgIpc) is 3.46. The van der Waals surface area contributed by atoms with Crippen molar-refractivity contribution in [2.45, 2.75) is 38.8 Å². The van der Waals surface area contributed by atoms with Crippen LogP contribution in [0.1, 0.15) is 38.3 Å². The number of amides is 2. The number of allylic oxidation sites excluding steroid dienone is 1. The molecule has 1 saturated carbocycles. The summed E-state index contributed by atoms with van der Waals surface area (Å²) in [4.78, 5) is 27.1. The van der Waals surface area contributed by atoms with Gasteiger partial charge in [-0.25, -0.2) is 9.59 Å². The lowest BCUT2D eigenvalue weighted by molar-refractivity contribution is -0.139. The molecule has 0 radical (unpaired) electrons. The second-order valence-corrected chi connectivity index (χ2v) is 6.81. The van der Waals surface area contributed by atoms with E-state index in [1.165, 1.54) is 0 Å². The molecule has 0 bridgehead atoms. The Morgan fingerprint density at radius 2 is 1.92 bits per heavy atom. The standard InChI is InChI=1S/C21H22N2O3/c1-3-26-20(24)18-13(2)23(17-10-11-17)21(25)22-19(18)16-9-8-14-6-4-5-7-15(14)12-16/h4-9,12,17,19H,3,10-11H2,1-2H3,(H,22,25)/t19-/m1/s1. The third-order valence-corrected chi connectivity index (χ3v) is 5.04. The maximum Gasteiger partial charge on any atom is 0.338 e. The van der Waals surface area contributed by atoms with Crippen molar-refractivity contribution >= 4 is 22.8 Å². The van der Waals surface area contributed by atoms with Crippen molar-refractivity contribution < 1.29 is 14.3 Å². The number of nitrogens with zero attached hydrogens (tertiary/aromatic N) is 1. The maximum absolute atomic E-state index is 12.7. The van der Waals surface area contributed by atoms with Gasteiger partial charge in [0.05, 0.1) is 18.2 Å². The molecular formula is C21H22N2O3. The Morgan fingerprint density at radius 3 is 2.62 bits per heavy atom. The molecule has 0 saturated heterocycles. The molecule has 134 valence electrons. The van der Waals surface area contributed by atoms with Crippen molar-refractivity contribution in [2.75, 3.05) is 6.61 Å². The lowest BCUT2D eigenvalue weighted by Crippen LogP contribution is -2.48. The van der Waals surface area contributed by atoms with Crippen LogP contribution < -0.4 is 5.32 Å². The molecular weight excluding hydrogens is 328 g/mol. The molecule has 2 aromatic carbocycles. The monoisotopic (exact) mass is 350 g/mol. The molecule has 0 aromatic heterocycles. The fourth-order valence-corrected chi connectivity index (χ4v) is 3.64. The molecule has 5 heteroatoms. The van der Waals surface area contributed by atoms with Gasteiger partial charge in [0, 0.05) is 11.7 Å². The van der Waals surface area contributed by atoms with Crippen molar-refractivity contribution in [1.82, 2.24) is 10.2 Å². The van der Waals surface area contributed by atoms with E-state index in [1.54, 1.807) is 11.8 Å². The van der Waals surface area contributed by atoms with Gasteiger partial charge >= 0.3 is 12.0 Å². The Balaban J connectivity index is 1.81. The predicted molar refractivity (Wildman–Crippen MR) is 99.4 cm³/mol.